The third-order valence-corrected chi connectivity index (χ3v) is 6.25. The van der Waals surface area contributed by atoms with Crippen molar-refractivity contribution in [1.82, 2.24) is 24.4 Å². The number of amides is 2. The molecular formula is C26H27F3N8O3. The summed E-state index contributed by atoms with van der Waals surface area (Å²) in [6, 6.07) is 9.27. The van der Waals surface area contributed by atoms with Gasteiger partial charge >= 0.3 is 12.2 Å². The topological polar surface area (TPSA) is 118 Å². The Morgan fingerprint density at radius 2 is 1.77 bits per heavy atom. The van der Waals surface area contributed by atoms with Crippen LogP contribution in [-0.2, 0) is 10.9 Å². The average Bonchev–Trinajstić information content (AvgIpc) is 3.38. The van der Waals surface area contributed by atoms with Crippen LogP contribution in [0.5, 0.6) is 5.75 Å². The van der Waals surface area contributed by atoms with Crippen LogP contribution in [0, 0.1) is 0 Å². The van der Waals surface area contributed by atoms with Crippen molar-refractivity contribution >= 4 is 34.4 Å². The molecule has 5 rings (SSSR count). The van der Waals surface area contributed by atoms with E-state index in [0.29, 0.717) is 42.4 Å². The van der Waals surface area contributed by atoms with E-state index in [9.17, 15) is 18.0 Å². The molecule has 3 heterocycles. The summed E-state index contributed by atoms with van der Waals surface area (Å²) in [5, 5.41) is 8.06. The molecule has 0 bridgehead atoms. The Labute approximate surface area is 227 Å². The van der Waals surface area contributed by atoms with E-state index in [4.69, 9.17) is 9.47 Å². The fraction of sp³-hybridized carbons (Fsp3) is 0.308. The minimum absolute atomic E-state index is 0.0144. The van der Waals surface area contributed by atoms with E-state index in [-0.39, 0.29) is 18.0 Å². The molecule has 0 saturated carbocycles. The normalized spacial score (nSPS) is 14.2. The molecule has 40 heavy (non-hydrogen) atoms. The molecule has 1 aliphatic heterocycles. The quantitative estimate of drug-likeness (QED) is 0.295. The van der Waals surface area contributed by atoms with Crippen molar-refractivity contribution in [2.75, 3.05) is 62.5 Å². The Bertz CT molecular complexity index is 1470. The number of nitrogens with zero attached hydrogens (tertiary/aromatic N) is 5. The van der Waals surface area contributed by atoms with Crippen LogP contribution in [-0.4, -0.2) is 77.0 Å². The van der Waals surface area contributed by atoms with Crippen molar-refractivity contribution in [3.05, 3.63) is 60.7 Å². The molecule has 3 N–H and O–H groups in total. The molecule has 0 atom stereocenters. The Morgan fingerprint density at radius 1 is 1.02 bits per heavy atom. The summed E-state index contributed by atoms with van der Waals surface area (Å²) >= 11 is 0. The highest BCUT2D eigenvalue weighted by Gasteiger charge is 2.31. The van der Waals surface area contributed by atoms with Gasteiger partial charge in [-0.1, -0.05) is 0 Å². The Hall–Kier alpha value is -4.43. The standard InChI is InChI=1S/C26H27F3N8O3/c1-30-23-22-24(32-15-31-23)37(16-33-22)20-4-2-18(3-5-20)34-25(38)35-19-12-17(26(27,28)29)13-21(14-19)40-11-8-36-6-9-39-10-7-36/h2-5,12-16H,6-11H2,1H3,(H,30,31,32)(H2,34,35,38). The largest absolute Gasteiger partial charge is 0.492 e. The number of morpholine rings is 1. The number of urea groups is 1. The number of rotatable bonds is 8. The predicted octanol–water partition coefficient (Wildman–Crippen LogP) is 4.23. The average molecular weight is 557 g/mol. The number of carbonyl (C=O) groups excluding carboxylic acids is 1. The lowest BCUT2D eigenvalue weighted by Gasteiger charge is -2.26. The third kappa shape index (κ3) is 6.40. The number of imidazole rings is 1. The molecule has 0 aliphatic carbocycles. The molecule has 11 nitrogen and oxygen atoms in total. The van der Waals surface area contributed by atoms with Crippen LogP contribution in [0.25, 0.3) is 16.9 Å². The maximum absolute atomic E-state index is 13.5. The summed E-state index contributed by atoms with van der Waals surface area (Å²) < 4.78 is 53.2. The minimum Gasteiger partial charge on any atom is -0.492 e. The Morgan fingerprint density at radius 3 is 2.50 bits per heavy atom. The molecule has 14 heteroatoms. The van der Waals surface area contributed by atoms with E-state index in [2.05, 4.69) is 35.8 Å². The monoisotopic (exact) mass is 556 g/mol. The van der Waals surface area contributed by atoms with Crippen LogP contribution in [0.2, 0.25) is 0 Å². The molecule has 0 unspecified atom stereocenters. The summed E-state index contributed by atoms with van der Waals surface area (Å²) in [5.74, 6) is 0.611. The van der Waals surface area contributed by atoms with Gasteiger partial charge in [0.05, 0.1) is 18.8 Å². The summed E-state index contributed by atoms with van der Waals surface area (Å²) in [7, 11) is 1.74. The van der Waals surface area contributed by atoms with E-state index in [0.717, 1.165) is 30.9 Å². The number of alkyl halides is 3. The molecule has 0 spiro atoms. The Kier molecular flexibility index (Phi) is 7.98. The van der Waals surface area contributed by atoms with Gasteiger partial charge in [0.2, 0.25) is 0 Å². The van der Waals surface area contributed by atoms with Gasteiger partial charge in [-0.15, -0.1) is 0 Å². The van der Waals surface area contributed by atoms with Crippen molar-refractivity contribution in [3.8, 4) is 11.4 Å². The van der Waals surface area contributed by atoms with Crippen molar-refractivity contribution in [1.29, 1.82) is 0 Å². The number of halogens is 3. The first-order chi connectivity index (χ1) is 19.3. The summed E-state index contributed by atoms with van der Waals surface area (Å²) in [4.78, 5) is 27.5. The van der Waals surface area contributed by atoms with E-state index >= 15 is 0 Å². The van der Waals surface area contributed by atoms with Crippen LogP contribution in [0.3, 0.4) is 0 Å². The number of aromatic nitrogens is 4. The van der Waals surface area contributed by atoms with E-state index in [1.165, 1.54) is 12.4 Å². The number of hydrogen-bond donors (Lipinski definition) is 3. The molecule has 2 amide bonds. The maximum Gasteiger partial charge on any atom is 0.416 e. The summed E-state index contributed by atoms with van der Waals surface area (Å²) in [6.07, 6.45) is -1.56. The van der Waals surface area contributed by atoms with Crippen molar-refractivity contribution in [2.45, 2.75) is 6.18 Å². The molecule has 2 aromatic carbocycles. The molecule has 1 aliphatic rings. The second kappa shape index (κ2) is 11.8. The maximum atomic E-state index is 13.5. The van der Waals surface area contributed by atoms with Gasteiger partial charge in [0, 0.05) is 49.8 Å². The van der Waals surface area contributed by atoms with Gasteiger partial charge in [0.15, 0.2) is 17.0 Å². The fourth-order valence-corrected chi connectivity index (χ4v) is 4.24. The molecule has 4 aromatic rings. The number of anilines is 3. The smallest absolute Gasteiger partial charge is 0.416 e. The van der Waals surface area contributed by atoms with Gasteiger partial charge in [0.1, 0.15) is 25.0 Å². The first kappa shape index (κ1) is 27.1. The second-order valence-corrected chi connectivity index (χ2v) is 8.93. The van der Waals surface area contributed by atoms with Gasteiger partial charge in [-0.3, -0.25) is 9.47 Å². The van der Waals surface area contributed by atoms with Crippen molar-refractivity contribution in [3.63, 3.8) is 0 Å². The number of nitrogens with one attached hydrogen (secondary N) is 3. The lowest BCUT2D eigenvalue weighted by atomic mass is 10.2. The van der Waals surface area contributed by atoms with Crippen molar-refractivity contribution < 1.29 is 27.4 Å². The van der Waals surface area contributed by atoms with Gasteiger partial charge < -0.3 is 25.4 Å². The van der Waals surface area contributed by atoms with Crippen molar-refractivity contribution in [2.24, 2.45) is 0 Å². The zero-order valence-corrected chi connectivity index (χ0v) is 21.5. The predicted molar refractivity (Wildman–Crippen MR) is 143 cm³/mol. The van der Waals surface area contributed by atoms with E-state index in [1.807, 2.05) is 0 Å². The van der Waals surface area contributed by atoms with Crippen LogP contribution >= 0.6 is 0 Å². The molecular weight excluding hydrogens is 529 g/mol. The van der Waals surface area contributed by atoms with Crippen LogP contribution in [0.15, 0.2) is 55.1 Å². The van der Waals surface area contributed by atoms with Gasteiger partial charge in [0.25, 0.3) is 0 Å². The second-order valence-electron chi connectivity index (χ2n) is 8.93. The van der Waals surface area contributed by atoms with Crippen LogP contribution < -0.4 is 20.7 Å². The number of ether oxygens (including phenoxy) is 2. The first-order valence-electron chi connectivity index (χ1n) is 12.5. The van der Waals surface area contributed by atoms with E-state index < -0.39 is 17.8 Å². The number of carbonyl (C=O) groups is 1. The highest BCUT2D eigenvalue weighted by Crippen LogP contribution is 2.34. The highest BCUT2D eigenvalue weighted by atomic mass is 19.4. The van der Waals surface area contributed by atoms with Crippen LogP contribution in [0.1, 0.15) is 5.56 Å². The zero-order valence-electron chi connectivity index (χ0n) is 21.5. The van der Waals surface area contributed by atoms with E-state index in [1.54, 1.807) is 42.2 Å². The van der Waals surface area contributed by atoms with Gasteiger partial charge in [-0.25, -0.2) is 19.7 Å². The number of fused-ring (bicyclic) bond motifs is 1. The summed E-state index contributed by atoms with van der Waals surface area (Å²) in [6.45, 7) is 3.46. The minimum atomic E-state index is -4.61. The molecule has 210 valence electrons. The van der Waals surface area contributed by atoms with Gasteiger partial charge in [-0.05, 0) is 36.4 Å². The third-order valence-electron chi connectivity index (χ3n) is 6.25. The van der Waals surface area contributed by atoms with Gasteiger partial charge in [-0.2, -0.15) is 13.2 Å². The zero-order chi connectivity index (χ0) is 28.1. The molecule has 2 aromatic heterocycles. The fourth-order valence-electron chi connectivity index (χ4n) is 4.24. The lowest BCUT2D eigenvalue weighted by molar-refractivity contribution is -0.137. The Balaban J connectivity index is 1.24. The molecule has 1 fully saturated rings. The SMILES string of the molecule is CNc1ncnc2c1ncn2-c1ccc(NC(=O)Nc2cc(OCCN3CCOCC3)cc(C(F)(F)F)c2)cc1. The number of benzene rings is 2. The lowest BCUT2D eigenvalue weighted by Crippen LogP contribution is -2.38. The molecule has 1 saturated heterocycles. The summed E-state index contributed by atoms with van der Waals surface area (Å²) in [5.41, 5.74) is 1.42. The number of hydrogen-bond acceptors (Lipinski definition) is 8. The first-order valence-corrected chi connectivity index (χ1v) is 12.5. The molecule has 0 radical (unpaired) electrons. The van der Waals surface area contributed by atoms with Crippen LogP contribution in [0.4, 0.5) is 35.2 Å². The highest BCUT2D eigenvalue weighted by molar-refractivity contribution is 6.00.